The van der Waals surface area contributed by atoms with Crippen molar-refractivity contribution in [3.63, 3.8) is 0 Å². The van der Waals surface area contributed by atoms with E-state index in [1.165, 1.54) is 12.8 Å². The van der Waals surface area contributed by atoms with Gasteiger partial charge < -0.3 is 15.0 Å². The first kappa shape index (κ1) is 16.0. The lowest BCUT2D eigenvalue weighted by Gasteiger charge is -2.31. The van der Waals surface area contributed by atoms with Crippen LogP contribution in [-0.4, -0.2) is 44.1 Å². The van der Waals surface area contributed by atoms with Gasteiger partial charge in [-0.2, -0.15) is 0 Å². The molecule has 1 heterocycles. The van der Waals surface area contributed by atoms with Gasteiger partial charge in [0.05, 0.1) is 0 Å². The summed E-state index contributed by atoms with van der Waals surface area (Å²) in [6.45, 7) is 5.68. The molecule has 1 aliphatic heterocycles. The van der Waals surface area contributed by atoms with E-state index in [1.807, 2.05) is 42.2 Å². The molecule has 0 radical (unpaired) electrons. The van der Waals surface area contributed by atoms with E-state index in [9.17, 15) is 4.79 Å². The third-order valence-electron chi connectivity index (χ3n) is 4.13. The molecule has 1 N–H and O–H groups in total. The van der Waals surface area contributed by atoms with Crippen molar-refractivity contribution >= 4 is 5.91 Å². The molecule has 0 spiro atoms. The van der Waals surface area contributed by atoms with Crippen molar-refractivity contribution in [2.24, 2.45) is 5.92 Å². The molecule has 0 saturated carbocycles. The molecule has 1 fully saturated rings. The average molecular weight is 290 g/mol. The number of methoxy groups -OCH3 is 1. The Labute approximate surface area is 127 Å². The van der Waals surface area contributed by atoms with Crippen molar-refractivity contribution < 1.29 is 9.53 Å². The van der Waals surface area contributed by atoms with Crippen LogP contribution in [0.5, 0.6) is 0 Å². The van der Waals surface area contributed by atoms with Crippen LogP contribution in [0.25, 0.3) is 0 Å². The molecule has 0 aromatic heterocycles. The molecule has 116 valence electrons. The third kappa shape index (κ3) is 4.29. The number of amides is 1. The van der Waals surface area contributed by atoms with E-state index >= 15 is 0 Å². The fraction of sp³-hybridized carbons (Fsp3) is 0.588. The molecule has 1 aromatic carbocycles. The predicted molar refractivity (Wildman–Crippen MR) is 84.0 cm³/mol. The van der Waals surface area contributed by atoms with Crippen molar-refractivity contribution in [3.8, 4) is 0 Å². The SMILES string of the molecule is CCN(CC1CCCNC1)C(=O)C(OC)c1ccccc1. The Morgan fingerprint density at radius 2 is 2.19 bits per heavy atom. The lowest BCUT2D eigenvalue weighted by atomic mass is 9.98. The molecule has 1 aromatic rings. The second kappa shape index (κ2) is 8.15. The number of nitrogens with one attached hydrogen (secondary N) is 1. The topological polar surface area (TPSA) is 41.6 Å². The third-order valence-corrected chi connectivity index (χ3v) is 4.13. The summed E-state index contributed by atoms with van der Waals surface area (Å²) < 4.78 is 5.46. The number of carbonyl (C=O) groups is 1. The van der Waals surface area contributed by atoms with E-state index < -0.39 is 6.10 Å². The molecule has 1 aliphatic rings. The average Bonchev–Trinajstić information content (AvgIpc) is 2.55. The van der Waals surface area contributed by atoms with E-state index in [-0.39, 0.29) is 5.91 Å². The second-order valence-corrected chi connectivity index (χ2v) is 5.62. The molecule has 2 atom stereocenters. The van der Waals surface area contributed by atoms with Crippen molar-refractivity contribution in [2.45, 2.75) is 25.9 Å². The zero-order valence-corrected chi connectivity index (χ0v) is 13.0. The Morgan fingerprint density at radius 3 is 2.76 bits per heavy atom. The van der Waals surface area contributed by atoms with Gasteiger partial charge in [0.25, 0.3) is 5.91 Å². The van der Waals surface area contributed by atoms with Gasteiger partial charge in [-0.3, -0.25) is 4.79 Å². The van der Waals surface area contributed by atoms with Crippen LogP contribution in [0.4, 0.5) is 0 Å². The zero-order valence-electron chi connectivity index (χ0n) is 13.0. The van der Waals surface area contributed by atoms with Crippen LogP contribution >= 0.6 is 0 Å². The van der Waals surface area contributed by atoms with Gasteiger partial charge in [-0.25, -0.2) is 0 Å². The normalized spacial score (nSPS) is 20.0. The van der Waals surface area contributed by atoms with Gasteiger partial charge >= 0.3 is 0 Å². The summed E-state index contributed by atoms with van der Waals surface area (Å²) in [7, 11) is 1.60. The number of hydrogen-bond acceptors (Lipinski definition) is 3. The van der Waals surface area contributed by atoms with Crippen LogP contribution in [0, 0.1) is 5.92 Å². The van der Waals surface area contributed by atoms with E-state index in [0.717, 1.165) is 31.7 Å². The van der Waals surface area contributed by atoms with Crippen LogP contribution in [0.1, 0.15) is 31.4 Å². The van der Waals surface area contributed by atoms with Gasteiger partial charge in [-0.1, -0.05) is 30.3 Å². The van der Waals surface area contributed by atoms with E-state index in [0.29, 0.717) is 5.92 Å². The smallest absolute Gasteiger partial charge is 0.256 e. The summed E-state index contributed by atoms with van der Waals surface area (Å²) in [5.74, 6) is 0.618. The maximum atomic E-state index is 12.8. The Hall–Kier alpha value is -1.39. The molecule has 2 unspecified atom stereocenters. The van der Waals surface area contributed by atoms with Crippen molar-refractivity contribution in [1.82, 2.24) is 10.2 Å². The highest BCUT2D eigenvalue weighted by Crippen LogP contribution is 2.21. The van der Waals surface area contributed by atoms with Gasteiger partial charge in [-0.05, 0) is 44.3 Å². The number of rotatable bonds is 6. The molecule has 21 heavy (non-hydrogen) atoms. The first-order valence-corrected chi connectivity index (χ1v) is 7.83. The van der Waals surface area contributed by atoms with Crippen LogP contribution < -0.4 is 5.32 Å². The Kier molecular flexibility index (Phi) is 6.21. The summed E-state index contributed by atoms with van der Waals surface area (Å²) in [4.78, 5) is 14.7. The first-order valence-electron chi connectivity index (χ1n) is 7.83. The minimum Gasteiger partial charge on any atom is -0.367 e. The predicted octanol–water partition coefficient (Wildman–Crippen LogP) is 2.22. The molecule has 4 nitrogen and oxygen atoms in total. The fourth-order valence-electron chi connectivity index (χ4n) is 2.94. The number of benzene rings is 1. The van der Waals surface area contributed by atoms with Gasteiger partial charge in [0, 0.05) is 20.2 Å². The summed E-state index contributed by atoms with van der Waals surface area (Å²) in [5, 5.41) is 3.41. The Morgan fingerprint density at radius 1 is 1.43 bits per heavy atom. The number of ether oxygens (including phenoxy) is 1. The largest absolute Gasteiger partial charge is 0.367 e. The van der Waals surface area contributed by atoms with E-state index in [4.69, 9.17) is 4.74 Å². The minimum absolute atomic E-state index is 0.0665. The fourth-order valence-corrected chi connectivity index (χ4v) is 2.94. The number of nitrogens with zero attached hydrogens (tertiary/aromatic N) is 1. The molecule has 4 heteroatoms. The molecule has 2 rings (SSSR count). The second-order valence-electron chi connectivity index (χ2n) is 5.62. The van der Waals surface area contributed by atoms with Gasteiger partial charge in [-0.15, -0.1) is 0 Å². The number of piperidine rings is 1. The van der Waals surface area contributed by atoms with Crippen LogP contribution in [-0.2, 0) is 9.53 Å². The monoisotopic (exact) mass is 290 g/mol. The highest BCUT2D eigenvalue weighted by Gasteiger charge is 2.27. The van der Waals surface area contributed by atoms with E-state index in [2.05, 4.69) is 5.32 Å². The minimum atomic E-state index is -0.498. The molecular weight excluding hydrogens is 264 g/mol. The molecule has 0 aliphatic carbocycles. The Balaban J connectivity index is 2.03. The molecule has 0 bridgehead atoms. The number of hydrogen-bond donors (Lipinski definition) is 1. The van der Waals surface area contributed by atoms with Gasteiger partial charge in [0.1, 0.15) is 0 Å². The molecular formula is C17H26N2O2. The highest BCUT2D eigenvalue weighted by atomic mass is 16.5. The van der Waals surface area contributed by atoms with Crippen molar-refractivity contribution in [3.05, 3.63) is 35.9 Å². The quantitative estimate of drug-likeness (QED) is 0.873. The Bertz CT molecular complexity index is 430. The van der Waals surface area contributed by atoms with Crippen molar-refractivity contribution in [1.29, 1.82) is 0 Å². The van der Waals surface area contributed by atoms with Gasteiger partial charge in [0.2, 0.25) is 0 Å². The highest BCUT2D eigenvalue weighted by molar-refractivity contribution is 5.82. The molecule has 1 amide bonds. The molecule has 1 saturated heterocycles. The van der Waals surface area contributed by atoms with Crippen LogP contribution in [0.15, 0.2) is 30.3 Å². The lowest BCUT2D eigenvalue weighted by molar-refractivity contribution is -0.143. The number of likely N-dealkylation sites (N-methyl/N-ethyl adjacent to an activating group) is 1. The summed E-state index contributed by atoms with van der Waals surface area (Å²) in [5.41, 5.74) is 0.921. The summed E-state index contributed by atoms with van der Waals surface area (Å²) in [6, 6.07) is 9.72. The lowest BCUT2D eigenvalue weighted by Crippen LogP contribution is -2.43. The zero-order chi connectivity index (χ0) is 15.1. The van der Waals surface area contributed by atoms with Crippen LogP contribution in [0.3, 0.4) is 0 Å². The van der Waals surface area contributed by atoms with Crippen LogP contribution in [0.2, 0.25) is 0 Å². The summed E-state index contributed by atoms with van der Waals surface area (Å²) >= 11 is 0. The number of carbonyl (C=O) groups excluding carboxylic acids is 1. The van der Waals surface area contributed by atoms with Crippen molar-refractivity contribution in [2.75, 3.05) is 33.3 Å². The first-order chi connectivity index (χ1) is 10.3. The van der Waals surface area contributed by atoms with Gasteiger partial charge in [0.15, 0.2) is 6.10 Å². The summed E-state index contributed by atoms with van der Waals surface area (Å²) in [6.07, 6.45) is 1.89. The van der Waals surface area contributed by atoms with E-state index in [1.54, 1.807) is 7.11 Å². The maximum Gasteiger partial charge on any atom is 0.256 e. The maximum absolute atomic E-state index is 12.8. The standard InChI is InChI=1S/C17H26N2O2/c1-3-19(13-14-8-7-11-18-12-14)17(20)16(21-2)15-9-5-4-6-10-15/h4-6,9-10,14,16,18H,3,7-8,11-13H2,1-2H3.